The van der Waals surface area contributed by atoms with E-state index in [2.05, 4.69) is 4.98 Å². The van der Waals surface area contributed by atoms with Crippen LogP contribution in [0.1, 0.15) is 51.6 Å². The molecule has 1 N–H and O–H groups in total. The Bertz CT molecular complexity index is 1150. The number of amides is 1. The van der Waals surface area contributed by atoms with Crippen molar-refractivity contribution in [3.63, 3.8) is 0 Å². The minimum atomic E-state index is -4.59. The van der Waals surface area contributed by atoms with Gasteiger partial charge in [-0.2, -0.15) is 13.2 Å². The normalized spacial score (nSPS) is 11.4. The van der Waals surface area contributed by atoms with Crippen LogP contribution in [0.25, 0.3) is 10.9 Å². The second kappa shape index (κ2) is 10.4. The topological polar surface area (TPSA) is 68.3 Å². The van der Waals surface area contributed by atoms with Crippen LogP contribution >= 0.6 is 0 Å². The largest absolute Gasteiger partial charge is 0.491 e. The molecule has 0 aliphatic heterocycles. The molecule has 1 heterocycles. The van der Waals surface area contributed by atoms with Crippen molar-refractivity contribution in [1.29, 1.82) is 0 Å². The van der Waals surface area contributed by atoms with E-state index in [1.807, 2.05) is 12.2 Å². The molecule has 0 saturated carbocycles. The summed E-state index contributed by atoms with van der Waals surface area (Å²) in [6, 6.07) is 8.67. The van der Waals surface area contributed by atoms with Crippen molar-refractivity contribution >= 4 is 23.1 Å². The number of nitrogens with zero attached hydrogens (tertiary/aromatic N) is 1. The number of halogens is 4. The predicted molar refractivity (Wildman–Crippen MR) is 115 cm³/mol. The van der Waals surface area contributed by atoms with Gasteiger partial charge in [0.25, 0.3) is 5.91 Å². The van der Waals surface area contributed by atoms with Gasteiger partial charge in [0.15, 0.2) is 12.0 Å². The van der Waals surface area contributed by atoms with Gasteiger partial charge in [-0.3, -0.25) is 14.6 Å². The molecule has 2 aromatic carbocycles. The smallest absolute Gasteiger partial charge is 0.405 e. The highest BCUT2D eigenvalue weighted by atomic mass is 19.4. The Hall–Kier alpha value is -3.49. The molecule has 0 fully saturated rings. The number of unbranched alkanes of at least 4 members (excludes halogenated alkanes) is 1. The number of aromatic nitrogens is 1. The summed E-state index contributed by atoms with van der Waals surface area (Å²) >= 11 is 0. The molecule has 0 aliphatic carbocycles. The number of alkyl halides is 3. The molecule has 0 bridgehead atoms. The zero-order chi connectivity index (χ0) is 24.0. The van der Waals surface area contributed by atoms with Crippen LogP contribution in [0.4, 0.5) is 17.6 Å². The summed E-state index contributed by atoms with van der Waals surface area (Å²) in [4.78, 5) is 28.7. The van der Waals surface area contributed by atoms with Crippen molar-refractivity contribution < 1.29 is 31.9 Å². The number of aldehydes is 1. The summed E-state index contributed by atoms with van der Waals surface area (Å²) in [5.74, 6) is -1.19. The average Bonchev–Trinajstić information content (AvgIpc) is 2.78. The van der Waals surface area contributed by atoms with Crippen molar-refractivity contribution in [2.45, 2.75) is 32.4 Å². The van der Waals surface area contributed by atoms with Crippen LogP contribution in [0.2, 0.25) is 0 Å². The second-order valence-electron chi connectivity index (χ2n) is 7.50. The monoisotopic (exact) mass is 462 g/mol. The van der Waals surface area contributed by atoms with Gasteiger partial charge in [-0.05, 0) is 48.2 Å². The molecule has 0 unspecified atom stereocenters. The van der Waals surface area contributed by atoms with E-state index in [1.165, 1.54) is 24.4 Å². The van der Waals surface area contributed by atoms with Gasteiger partial charge in [-0.15, -0.1) is 0 Å². The molecule has 1 amide bonds. The third kappa shape index (κ3) is 6.27. The van der Waals surface area contributed by atoms with E-state index in [9.17, 15) is 27.2 Å². The highest BCUT2D eigenvalue weighted by molar-refractivity contribution is 6.10. The number of pyridine rings is 1. The van der Waals surface area contributed by atoms with Gasteiger partial charge < -0.3 is 10.1 Å². The number of rotatable bonds is 9. The summed E-state index contributed by atoms with van der Waals surface area (Å²) in [6.07, 6.45) is -0.653. The Kier molecular flexibility index (Phi) is 7.63. The first kappa shape index (κ1) is 24.2. The Morgan fingerprint density at radius 1 is 1.15 bits per heavy atom. The van der Waals surface area contributed by atoms with E-state index in [4.69, 9.17) is 4.74 Å². The Morgan fingerprint density at radius 3 is 2.52 bits per heavy atom. The number of hydrogen-bond donors (Lipinski definition) is 1. The highest BCUT2D eigenvalue weighted by Gasteiger charge is 2.29. The fourth-order valence-corrected chi connectivity index (χ4v) is 3.29. The Labute approximate surface area is 187 Å². The number of carbonyl (C=O) groups excluding carboxylic acids is 2. The standard InChI is InChI=1S/C24H22F4N2O3/c1-2-3-8-33-22-17(13-31)11-20(23(32)30-14-24(26,27)28)19-10-16(12-29-21(19)22)9-15-4-6-18(25)7-5-15/h4-7,10-13H,2-3,8-9,14H2,1H3,(H,30,32). The molecule has 0 radical (unpaired) electrons. The van der Waals surface area contributed by atoms with Crippen molar-refractivity contribution in [3.05, 3.63) is 70.7 Å². The molecule has 1 aromatic heterocycles. The van der Waals surface area contributed by atoms with Crippen molar-refractivity contribution in [2.75, 3.05) is 13.2 Å². The summed E-state index contributed by atoms with van der Waals surface area (Å²) in [6.45, 7) is 0.766. The van der Waals surface area contributed by atoms with Crippen molar-refractivity contribution in [2.24, 2.45) is 0 Å². The number of ether oxygens (including phenoxy) is 1. The minimum Gasteiger partial charge on any atom is -0.491 e. The number of hydrogen-bond acceptors (Lipinski definition) is 4. The van der Waals surface area contributed by atoms with Crippen LogP contribution in [-0.2, 0) is 6.42 Å². The molecule has 0 spiro atoms. The Morgan fingerprint density at radius 2 is 1.88 bits per heavy atom. The quantitative estimate of drug-likeness (QED) is 0.268. The maximum Gasteiger partial charge on any atom is 0.405 e. The molecule has 9 heteroatoms. The van der Waals surface area contributed by atoms with E-state index < -0.39 is 18.6 Å². The fraction of sp³-hybridized carbons (Fsp3) is 0.292. The fourth-order valence-electron chi connectivity index (χ4n) is 3.29. The van der Waals surface area contributed by atoms with E-state index >= 15 is 0 Å². The van der Waals surface area contributed by atoms with Gasteiger partial charge in [0.2, 0.25) is 0 Å². The Balaban J connectivity index is 2.08. The number of carbonyl (C=O) groups is 2. The van der Waals surface area contributed by atoms with Crippen molar-refractivity contribution in [1.82, 2.24) is 10.3 Å². The third-order valence-electron chi connectivity index (χ3n) is 4.90. The third-order valence-corrected chi connectivity index (χ3v) is 4.90. The maximum atomic E-state index is 13.2. The van der Waals surface area contributed by atoms with Gasteiger partial charge in [-0.1, -0.05) is 25.5 Å². The first-order valence-corrected chi connectivity index (χ1v) is 10.3. The molecule has 0 saturated heterocycles. The minimum absolute atomic E-state index is 0.0227. The average molecular weight is 462 g/mol. The molecule has 3 rings (SSSR count). The van der Waals surface area contributed by atoms with Crippen LogP contribution in [0, 0.1) is 5.82 Å². The zero-order valence-corrected chi connectivity index (χ0v) is 17.8. The lowest BCUT2D eigenvalue weighted by Crippen LogP contribution is -2.33. The lowest BCUT2D eigenvalue weighted by molar-refractivity contribution is -0.123. The lowest BCUT2D eigenvalue weighted by Gasteiger charge is -2.16. The molecular weight excluding hydrogens is 440 g/mol. The van der Waals surface area contributed by atoms with Crippen molar-refractivity contribution in [3.8, 4) is 5.75 Å². The van der Waals surface area contributed by atoms with Gasteiger partial charge in [0, 0.05) is 17.1 Å². The zero-order valence-electron chi connectivity index (χ0n) is 17.8. The molecule has 0 atom stereocenters. The van der Waals surface area contributed by atoms with Crippen LogP contribution in [0.15, 0.2) is 42.6 Å². The van der Waals surface area contributed by atoms with Gasteiger partial charge >= 0.3 is 6.18 Å². The van der Waals surface area contributed by atoms with Crippen LogP contribution in [0.5, 0.6) is 5.75 Å². The lowest BCUT2D eigenvalue weighted by atomic mass is 9.99. The van der Waals surface area contributed by atoms with Crippen LogP contribution in [0.3, 0.4) is 0 Å². The molecule has 0 aliphatic rings. The maximum absolute atomic E-state index is 13.2. The number of benzene rings is 2. The van der Waals surface area contributed by atoms with E-state index in [-0.39, 0.29) is 33.6 Å². The first-order valence-electron chi connectivity index (χ1n) is 10.3. The summed E-state index contributed by atoms with van der Waals surface area (Å²) in [7, 11) is 0. The SMILES string of the molecule is CCCCOc1c(C=O)cc(C(=O)NCC(F)(F)F)c2cc(Cc3ccc(F)cc3)cnc12. The van der Waals surface area contributed by atoms with Gasteiger partial charge in [0.05, 0.1) is 12.2 Å². The van der Waals surface area contributed by atoms with Gasteiger partial charge in [-0.25, -0.2) is 4.39 Å². The summed E-state index contributed by atoms with van der Waals surface area (Å²) in [5, 5.41) is 2.10. The van der Waals surface area contributed by atoms with E-state index in [1.54, 1.807) is 18.2 Å². The van der Waals surface area contributed by atoms with Gasteiger partial charge in [0.1, 0.15) is 17.9 Å². The predicted octanol–water partition coefficient (Wildman–Crippen LogP) is 5.25. The molecule has 174 valence electrons. The summed E-state index contributed by atoms with van der Waals surface area (Å²) < 4.78 is 56.8. The molecule has 33 heavy (non-hydrogen) atoms. The highest BCUT2D eigenvalue weighted by Crippen LogP contribution is 2.32. The molecule has 5 nitrogen and oxygen atoms in total. The van der Waals surface area contributed by atoms with Crippen LogP contribution < -0.4 is 10.1 Å². The molecular formula is C24H22F4N2O3. The van der Waals surface area contributed by atoms with E-state index in [0.29, 0.717) is 24.9 Å². The van der Waals surface area contributed by atoms with E-state index in [0.717, 1.165) is 18.4 Å². The second-order valence-corrected chi connectivity index (χ2v) is 7.50. The molecule has 3 aromatic rings. The first-order chi connectivity index (χ1) is 15.7. The number of fused-ring (bicyclic) bond motifs is 1. The van der Waals surface area contributed by atoms with Crippen LogP contribution in [-0.4, -0.2) is 36.5 Å². The summed E-state index contributed by atoms with van der Waals surface area (Å²) in [5.41, 5.74) is 1.54. The number of nitrogens with one attached hydrogen (secondary N) is 1.